The van der Waals surface area contributed by atoms with Crippen LogP contribution in [0.25, 0.3) is 0 Å². The molecular weight excluding hydrogens is 408 g/mol. The summed E-state index contributed by atoms with van der Waals surface area (Å²) in [5.74, 6) is 1.68. The number of benzene rings is 2. The molecule has 2 atom stereocenters. The summed E-state index contributed by atoms with van der Waals surface area (Å²) in [6.45, 7) is 8.23. The lowest BCUT2D eigenvalue weighted by atomic mass is 10.1. The predicted octanol–water partition coefficient (Wildman–Crippen LogP) is 4.57. The van der Waals surface area contributed by atoms with Gasteiger partial charge in [0.25, 0.3) is 0 Å². The largest absolute Gasteiger partial charge is 0.497 e. The third-order valence-corrected chi connectivity index (χ3v) is 6.28. The van der Waals surface area contributed by atoms with Crippen molar-refractivity contribution in [2.45, 2.75) is 58.5 Å². The maximum absolute atomic E-state index is 13.1. The molecule has 168 valence electrons. The minimum absolute atomic E-state index is 0.0419. The zero-order valence-corrected chi connectivity index (χ0v) is 20.0. The third kappa shape index (κ3) is 7.94. The van der Waals surface area contributed by atoms with Gasteiger partial charge in [-0.05, 0) is 50.5 Å². The van der Waals surface area contributed by atoms with Crippen molar-refractivity contribution in [1.82, 2.24) is 10.2 Å². The van der Waals surface area contributed by atoms with Crippen molar-refractivity contribution in [3.05, 3.63) is 65.2 Å². The second-order valence-corrected chi connectivity index (χ2v) is 8.83. The lowest BCUT2D eigenvalue weighted by molar-refractivity contribution is -0.138. The Hall–Kier alpha value is -2.47. The van der Waals surface area contributed by atoms with E-state index in [2.05, 4.69) is 36.5 Å². The van der Waals surface area contributed by atoms with E-state index in [1.807, 2.05) is 38.1 Å². The van der Waals surface area contributed by atoms with E-state index in [9.17, 15) is 9.59 Å². The van der Waals surface area contributed by atoms with E-state index in [0.29, 0.717) is 12.3 Å². The van der Waals surface area contributed by atoms with E-state index in [1.165, 1.54) is 11.1 Å². The van der Waals surface area contributed by atoms with Crippen LogP contribution in [0, 0.1) is 6.92 Å². The third-order valence-electron chi connectivity index (χ3n) is 5.30. The lowest BCUT2D eigenvalue weighted by Crippen LogP contribution is -2.50. The Balaban J connectivity index is 2.07. The van der Waals surface area contributed by atoms with Crippen LogP contribution in [0.1, 0.15) is 43.9 Å². The second-order valence-electron chi connectivity index (χ2n) is 7.84. The number of aryl methyl sites for hydroxylation is 1. The molecule has 2 aromatic rings. The molecule has 31 heavy (non-hydrogen) atoms. The van der Waals surface area contributed by atoms with Crippen LogP contribution < -0.4 is 10.1 Å². The molecule has 0 saturated heterocycles. The van der Waals surface area contributed by atoms with Crippen LogP contribution >= 0.6 is 11.8 Å². The number of nitrogens with one attached hydrogen (secondary N) is 1. The minimum Gasteiger partial charge on any atom is -0.497 e. The van der Waals surface area contributed by atoms with Crippen molar-refractivity contribution in [3.8, 4) is 5.75 Å². The Morgan fingerprint density at radius 3 is 2.23 bits per heavy atom. The summed E-state index contributed by atoms with van der Waals surface area (Å²) in [5.41, 5.74) is 3.37. The number of thioether (sulfide) groups is 1. The Labute approximate surface area is 190 Å². The number of methoxy groups -OCH3 is 1. The van der Waals surface area contributed by atoms with Gasteiger partial charge in [0.05, 0.1) is 12.9 Å². The molecule has 2 amide bonds. The number of carbonyl (C=O) groups is 2. The van der Waals surface area contributed by atoms with Crippen molar-refractivity contribution >= 4 is 23.6 Å². The van der Waals surface area contributed by atoms with Crippen molar-refractivity contribution in [3.63, 3.8) is 0 Å². The molecule has 0 aliphatic carbocycles. The highest BCUT2D eigenvalue weighted by atomic mass is 32.2. The van der Waals surface area contributed by atoms with E-state index < -0.39 is 6.04 Å². The molecule has 2 rings (SSSR count). The first-order valence-electron chi connectivity index (χ1n) is 10.7. The summed E-state index contributed by atoms with van der Waals surface area (Å²) in [6.07, 6.45) is 0.845. The summed E-state index contributed by atoms with van der Waals surface area (Å²) in [7, 11) is 1.62. The van der Waals surface area contributed by atoms with Crippen LogP contribution in [0.3, 0.4) is 0 Å². The molecule has 0 aliphatic rings. The molecule has 2 aromatic carbocycles. The first kappa shape index (κ1) is 24.8. The number of nitrogens with zero attached hydrogens (tertiary/aromatic N) is 1. The van der Waals surface area contributed by atoms with Crippen molar-refractivity contribution < 1.29 is 14.3 Å². The number of hydrogen-bond donors (Lipinski definition) is 1. The molecule has 6 heteroatoms. The molecule has 0 heterocycles. The molecule has 0 bridgehead atoms. The van der Waals surface area contributed by atoms with E-state index in [1.54, 1.807) is 30.7 Å². The SMILES string of the molecule is CC[C@H](C)NC(=O)[C@@H](C)N(Cc1ccc(OC)cc1)C(=O)CSCc1ccc(C)cc1. The van der Waals surface area contributed by atoms with Crippen LogP contribution in [-0.2, 0) is 21.9 Å². The van der Waals surface area contributed by atoms with Crippen LogP contribution in [0.5, 0.6) is 5.75 Å². The highest BCUT2D eigenvalue weighted by Crippen LogP contribution is 2.18. The smallest absolute Gasteiger partial charge is 0.242 e. The fourth-order valence-corrected chi connectivity index (χ4v) is 3.87. The Bertz CT molecular complexity index is 837. The summed E-state index contributed by atoms with van der Waals surface area (Å²) in [5, 5.41) is 3.00. The lowest BCUT2D eigenvalue weighted by Gasteiger charge is -2.29. The van der Waals surface area contributed by atoms with E-state index in [0.717, 1.165) is 23.5 Å². The molecule has 0 aromatic heterocycles. The number of rotatable bonds is 11. The van der Waals surface area contributed by atoms with E-state index in [-0.39, 0.29) is 17.9 Å². The molecule has 0 radical (unpaired) electrons. The van der Waals surface area contributed by atoms with Crippen molar-refractivity contribution in [2.75, 3.05) is 12.9 Å². The zero-order valence-electron chi connectivity index (χ0n) is 19.2. The maximum atomic E-state index is 13.1. The number of hydrogen-bond acceptors (Lipinski definition) is 4. The maximum Gasteiger partial charge on any atom is 0.242 e. The highest BCUT2D eigenvalue weighted by Gasteiger charge is 2.26. The number of amides is 2. The van der Waals surface area contributed by atoms with Gasteiger partial charge in [0.1, 0.15) is 11.8 Å². The number of ether oxygens (including phenoxy) is 1. The van der Waals surface area contributed by atoms with Gasteiger partial charge in [-0.3, -0.25) is 9.59 Å². The van der Waals surface area contributed by atoms with Gasteiger partial charge in [0, 0.05) is 18.3 Å². The van der Waals surface area contributed by atoms with Crippen LogP contribution in [-0.4, -0.2) is 41.7 Å². The average Bonchev–Trinajstić information content (AvgIpc) is 2.78. The first-order chi connectivity index (χ1) is 14.8. The monoisotopic (exact) mass is 442 g/mol. The predicted molar refractivity (Wildman–Crippen MR) is 128 cm³/mol. The molecular formula is C25H34N2O3S. The summed E-state index contributed by atoms with van der Waals surface area (Å²) in [6, 6.07) is 15.4. The fraction of sp³-hybridized carbons (Fsp3) is 0.440. The molecule has 1 N–H and O–H groups in total. The Kier molecular flexibility index (Phi) is 9.92. The zero-order chi connectivity index (χ0) is 22.8. The quantitative estimate of drug-likeness (QED) is 0.554. The van der Waals surface area contributed by atoms with Gasteiger partial charge < -0.3 is 15.0 Å². The van der Waals surface area contributed by atoms with Crippen molar-refractivity contribution in [1.29, 1.82) is 0 Å². The van der Waals surface area contributed by atoms with Gasteiger partial charge in [-0.25, -0.2) is 0 Å². The first-order valence-corrected chi connectivity index (χ1v) is 11.9. The summed E-state index contributed by atoms with van der Waals surface area (Å²) < 4.78 is 5.22. The van der Waals surface area contributed by atoms with Crippen LogP contribution in [0.15, 0.2) is 48.5 Å². The van der Waals surface area contributed by atoms with Gasteiger partial charge in [-0.15, -0.1) is 11.8 Å². The van der Waals surface area contributed by atoms with E-state index in [4.69, 9.17) is 4.74 Å². The Morgan fingerprint density at radius 1 is 1.03 bits per heavy atom. The van der Waals surface area contributed by atoms with Gasteiger partial charge in [-0.1, -0.05) is 48.9 Å². The van der Waals surface area contributed by atoms with Crippen LogP contribution in [0.4, 0.5) is 0 Å². The second kappa shape index (κ2) is 12.4. The Morgan fingerprint density at radius 2 is 1.65 bits per heavy atom. The standard InChI is InChI=1S/C25H34N2O3S/c1-6-19(3)26-25(29)20(4)27(15-21-11-13-23(30-5)14-12-21)24(28)17-31-16-22-9-7-18(2)8-10-22/h7-14,19-20H,6,15-17H2,1-5H3,(H,26,29)/t19-,20+/m0/s1. The topological polar surface area (TPSA) is 58.6 Å². The molecule has 5 nitrogen and oxygen atoms in total. The van der Waals surface area contributed by atoms with Gasteiger partial charge in [0.15, 0.2) is 0 Å². The van der Waals surface area contributed by atoms with Gasteiger partial charge in [0.2, 0.25) is 11.8 Å². The van der Waals surface area contributed by atoms with Gasteiger partial charge in [-0.2, -0.15) is 0 Å². The fourth-order valence-electron chi connectivity index (χ4n) is 3.00. The molecule has 0 saturated carbocycles. The summed E-state index contributed by atoms with van der Waals surface area (Å²) in [4.78, 5) is 27.5. The van der Waals surface area contributed by atoms with Crippen LogP contribution in [0.2, 0.25) is 0 Å². The van der Waals surface area contributed by atoms with Gasteiger partial charge >= 0.3 is 0 Å². The minimum atomic E-state index is -0.552. The molecule has 0 aliphatic heterocycles. The summed E-state index contributed by atoms with van der Waals surface area (Å²) >= 11 is 1.57. The average molecular weight is 443 g/mol. The molecule has 0 spiro atoms. The highest BCUT2D eigenvalue weighted by molar-refractivity contribution is 7.99. The molecule has 0 fully saturated rings. The number of carbonyl (C=O) groups excluding carboxylic acids is 2. The molecule has 0 unspecified atom stereocenters. The van der Waals surface area contributed by atoms with E-state index >= 15 is 0 Å². The normalized spacial score (nSPS) is 12.7. The van der Waals surface area contributed by atoms with Crippen molar-refractivity contribution in [2.24, 2.45) is 0 Å².